The molecular formula is C25H35N5O2. The third-order valence-corrected chi connectivity index (χ3v) is 7.40. The van der Waals surface area contributed by atoms with Gasteiger partial charge in [-0.3, -0.25) is 9.78 Å². The van der Waals surface area contributed by atoms with Crippen LogP contribution in [-0.2, 0) is 18.3 Å². The van der Waals surface area contributed by atoms with Crippen molar-refractivity contribution in [2.45, 2.75) is 50.4 Å². The van der Waals surface area contributed by atoms with E-state index >= 15 is 0 Å². The van der Waals surface area contributed by atoms with Gasteiger partial charge in [0.25, 0.3) is 5.56 Å². The molecule has 1 aromatic carbocycles. The highest BCUT2D eigenvalue weighted by atomic mass is 16.5. The minimum Gasteiger partial charge on any atom is -0.493 e. The van der Waals surface area contributed by atoms with E-state index in [0.717, 1.165) is 101 Å². The molecule has 7 nitrogen and oxygen atoms in total. The van der Waals surface area contributed by atoms with E-state index in [0.29, 0.717) is 0 Å². The SMILES string of the molecule is CN(C)CCCOc1ccc2c(c1)NCC21CCN(c2nc3c(c(=O)[nH]2)CCCC3)CC1. The zero-order valence-corrected chi connectivity index (χ0v) is 19.4. The van der Waals surface area contributed by atoms with E-state index in [2.05, 4.69) is 52.4 Å². The summed E-state index contributed by atoms with van der Waals surface area (Å²) in [4.78, 5) is 24.9. The van der Waals surface area contributed by atoms with Gasteiger partial charge in [0, 0.05) is 48.9 Å². The van der Waals surface area contributed by atoms with Crippen LogP contribution in [0.3, 0.4) is 0 Å². The van der Waals surface area contributed by atoms with E-state index in [-0.39, 0.29) is 11.0 Å². The van der Waals surface area contributed by atoms with Crippen LogP contribution in [0.4, 0.5) is 11.6 Å². The van der Waals surface area contributed by atoms with E-state index in [4.69, 9.17) is 9.72 Å². The van der Waals surface area contributed by atoms with Gasteiger partial charge < -0.3 is 19.9 Å². The molecule has 1 aliphatic carbocycles. The summed E-state index contributed by atoms with van der Waals surface area (Å²) in [5.74, 6) is 1.71. The number of hydrogen-bond donors (Lipinski definition) is 2. The second-order valence-electron chi connectivity index (χ2n) is 9.86. The molecule has 0 amide bonds. The summed E-state index contributed by atoms with van der Waals surface area (Å²) in [6.07, 6.45) is 7.16. The number of aryl methyl sites for hydroxylation is 1. The molecule has 7 heteroatoms. The normalized spacial score (nSPS) is 19.0. The molecular weight excluding hydrogens is 402 g/mol. The van der Waals surface area contributed by atoms with Crippen LogP contribution in [0, 0.1) is 0 Å². The predicted octanol–water partition coefficient (Wildman–Crippen LogP) is 2.94. The van der Waals surface area contributed by atoms with Gasteiger partial charge in [-0.1, -0.05) is 6.07 Å². The summed E-state index contributed by atoms with van der Waals surface area (Å²) in [7, 11) is 4.17. The molecule has 2 N–H and O–H groups in total. The Morgan fingerprint density at radius 2 is 2.00 bits per heavy atom. The molecule has 0 atom stereocenters. The van der Waals surface area contributed by atoms with Crippen molar-refractivity contribution in [1.29, 1.82) is 0 Å². The van der Waals surface area contributed by atoms with Crippen molar-refractivity contribution >= 4 is 11.6 Å². The lowest BCUT2D eigenvalue weighted by molar-refractivity contribution is 0.281. The summed E-state index contributed by atoms with van der Waals surface area (Å²) >= 11 is 0. The van der Waals surface area contributed by atoms with Gasteiger partial charge in [0.15, 0.2) is 0 Å². The Labute approximate surface area is 190 Å². The Bertz CT molecular complexity index is 1020. The number of hydrogen-bond acceptors (Lipinski definition) is 6. The van der Waals surface area contributed by atoms with Crippen molar-refractivity contribution in [3.8, 4) is 5.75 Å². The topological polar surface area (TPSA) is 73.5 Å². The molecule has 172 valence electrons. The third kappa shape index (κ3) is 4.10. The lowest BCUT2D eigenvalue weighted by Gasteiger charge is -2.39. The van der Waals surface area contributed by atoms with E-state index in [1.165, 1.54) is 11.3 Å². The average Bonchev–Trinajstić information content (AvgIpc) is 3.14. The molecule has 0 saturated carbocycles. The number of rotatable bonds is 6. The van der Waals surface area contributed by atoms with Gasteiger partial charge in [0.2, 0.25) is 5.95 Å². The van der Waals surface area contributed by atoms with Gasteiger partial charge in [-0.25, -0.2) is 4.98 Å². The Balaban J connectivity index is 1.25. The van der Waals surface area contributed by atoms with Crippen molar-refractivity contribution in [1.82, 2.24) is 14.9 Å². The Kier molecular flexibility index (Phi) is 5.84. The molecule has 5 rings (SSSR count). The summed E-state index contributed by atoms with van der Waals surface area (Å²) in [5.41, 5.74) is 4.76. The highest BCUT2D eigenvalue weighted by molar-refractivity contribution is 5.63. The minimum atomic E-state index is 0.0657. The lowest BCUT2D eigenvalue weighted by Crippen LogP contribution is -2.45. The van der Waals surface area contributed by atoms with E-state index in [1.54, 1.807) is 0 Å². The third-order valence-electron chi connectivity index (χ3n) is 7.40. The number of benzene rings is 1. The van der Waals surface area contributed by atoms with Crippen molar-refractivity contribution < 1.29 is 4.74 Å². The van der Waals surface area contributed by atoms with Gasteiger partial charge >= 0.3 is 0 Å². The van der Waals surface area contributed by atoms with Crippen molar-refractivity contribution in [3.05, 3.63) is 45.4 Å². The first kappa shape index (κ1) is 21.3. The maximum absolute atomic E-state index is 12.6. The number of piperidine rings is 1. The highest BCUT2D eigenvalue weighted by Crippen LogP contribution is 2.45. The van der Waals surface area contributed by atoms with E-state index in [9.17, 15) is 4.79 Å². The van der Waals surface area contributed by atoms with Crippen LogP contribution in [0.5, 0.6) is 5.75 Å². The van der Waals surface area contributed by atoms with Crippen LogP contribution in [0.2, 0.25) is 0 Å². The maximum Gasteiger partial charge on any atom is 0.255 e. The zero-order valence-electron chi connectivity index (χ0n) is 19.4. The molecule has 3 heterocycles. The maximum atomic E-state index is 12.6. The van der Waals surface area contributed by atoms with Crippen molar-refractivity contribution in [2.75, 3.05) is 57.1 Å². The molecule has 1 saturated heterocycles. The standard InChI is InChI=1S/C25H35N5O2/c1-29(2)12-5-15-32-18-8-9-20-22(16-18)26-17-25(20)10-13-30(14-11-25)24-27-21-7-4-3-6-19(21)23(31)28-24/h8-9,16,26H,3-7,10-15,17H2,1-2H3,(H,27,28,31). The van der Waals surface area contributed by atoms with Crippen LogP contribution in [0.1, 0.15) is 48.9 Å². The first-order valence-electron chi connectivity index (χ1n) is 12.1. The molecule has 0 radical (unpaired) electrons. The first-order chi connectivity index (χ1) is 15.5. The number of H-pyrrole nitrogens is 1. The highest BCUT2D eigenvalue weighted by Gasteiger charge is 2.42. The zero-order chi connectivity index (χ0) is 22.1. The number of ether oxygens (including phenoxy) is 1. The largest absolute Gasteiger partial charge is 0.493 e. The number of aromatic nitrogens is 2. The number of anilines is 2. The van der Waals surface area contributed by atoms with Crippen LogP contribution in [0.25, 0.3) is 0 Å². The van der Waals surface area contributed by atoms with Gasteiger partial charge in [-0.15, -0.1) is 0 Å². The predicted molar refractivity (Wildman–Crippen MR) is 128 cm³/mol. The average molecular weight is 438 g/mol. The minimum absolute atomic E-state index is 0.0657. The van der Waals surface area contributed by atoms with Gasteiger partial charge in [-0.2, -0.15) is 0 Å². The molecule has 32 heavy (non-hydrogen) atoms. The molecule has 0 unspecified atom stereocenters. The van der Waals surface area contributed by atoms with Crippen LogP contribution >= 0.6 is 0 Å². The molecule has 1 fully saturated rings. The second kappa shape index (κ2) is 8.77. The Morgan fingerprint density at radius 1 is 1.19 bits per heavy atom. The fourth-order valence-corrected chi connectivity index (χ4v) is 5.48. The summed E-state index contributed by atoms with van der Waals surface area (Å²) in [6, 6.07) is 6.54. The molecule has 2 aromatic rings. The lowest BCUT2D eigenvalue weighted by atomic mass is 9.74. The van der Waals surface area contributed by atoms with Crippen LogP contribution in [-0.4, -0.2) is 61.7 Å². The smallest absolute Gasteiger partial charge is 0.255 e. The Hall–Kier alpha value is -2.54. The van der Waals surface area contributed by atoms with Crippen LogP contribution in [0.15, 0.2) is 23.0 Å². The van der Waals surface area contributed by atoms with E-state index in [1.807, 2.05) is 0 Å². The van der Waals surface area contributed by atoms with Gasteiger partial charge in [0.05, 0.1) is 12.3 Å². The number of nitrogens with zero attached hydrogens (tertiary/aromatic N) is 3. The first-order valence-corrected chi connectivity index (χ1v) is 12.1. The molecule has 3 aliphatic rings. The molecule has 0 bridgehead atoms. The fraction of sp³-hybridized carbons (Fsp3) is 0.600. The fourth-order valence-electron chi connectivity index (χ4n) is 5.48. The number of fused-ring (bicyclic) bond motifs is 3. The monoisotopic (exact) mass is 437 g/mol. The van der Waals surface area contributed by atoms with Gasteiger partial charge in [-0.05, 0) is 70.7 Å². The molecule has 1 spiro atoms. The van der Waals surface area contributed by atoms with Crippen molar-refractivity contribution in [3.63, 3.8) is 0 Å². The van der Waals surface area contributed by atoms with Crippen LogP contribution < -0.4 is 20.5 Å². The molecule has 1 aromatic heterocycles. The quantitative estimate of drug-likeness (QED) is 0.677. The second-order valence-corrected chi connectivity index (χ2v) is 9.86. The van der Waals surface area contributed by atoms with Gasteiger partial charge in [0.1, 0.15) is 5.75 Å². The number of nitrogens with one attached hydrogen (secondary N) is 2. The summed E-state index contributed by atoms with van der Waals surface area (Å²) in [6.45, 7) is 4.56. The Morgan fingerprint density at radius 3 is 2.81 bits per heavy atom. The van der Waals surface area contributed by atoms with Crippen molar-refractivity contribution in [2.24, 2.45) is 0 Å². The molecule has 2 aliphatic heterocycles. The summed E-state index contributed by atoms with van der Waals surface area (Å²) < 4.78 is 5.97. The number of aromatic amines is 1. The summed E-state index contributed by atoms with van der Waals surface area (Å²) in [5, 5.41) is 3.63. The van der Waals surface area contributed by atoms with E-state index < -0.39 is 0 Å².